The maximum absolute atomic E-state index is 11.5. The van der Waals surface area contributed by atoms with Crippen molar-refractivity contribution in [2.75, 3.05) is 12.0 Å². The van der Waals surface area contributed by atoms with Crippen LogP contribution in [-0.4, -0.2) is 20.2 Å². The summed E-state index contributed by atoms with van der Waals surface area (Å²) >= 11 is 0. The summed E-state index contributed by atoms with van der Waals surface area (Å²) in [6, 6.07) is 7.39. The molecule has 0 amide bonds. The topological polar surface area (TPSA) is 60.9 Å². The van der Waals surface area contributed by atoms with Crippen LogP contribution in [-0.2, 0) is 17.8 Å². The number of aromatic nitrogens is 2. The average Bonchev–Trinajstić information content (AvgIpc) is 2.65. The maximum atomic E-state index is 11.5. The molecule has 0 saturated heterocycles. The van der Waals surface area contributed by atoms with Gasteiger partial charge in [-0.15, -0.1) is 0 Å². The molecule has 0 saturated carbocycles. The molecule has 16 heavy (non-hydrogen) atoms. The zero-order valence-electron chi connectivity index (χ0n) is 9.18. The van der Waals surface area contributed by atoms with Crippen LogP contribution < -0.4 is 5.73 Å². The van der Waals surface area contributed by atoms with Gasteiger partial charge in [0.1, 0.15) is 0 Å². The molecule has 0 aliphatic rings. The van der Waals surface area contributed by atoms with E-state index in [2.05, 4.69) is 5.10 Å². The first-order chi connectivity index (χ1) is 7.58. The Hall–Kier alpha value is -1.62. The van der Waals surface area contributed by atoms with E-state index in [0.29, 0.717) is 10.6 Å². The molecule has 1 unspecified atom stereocenters. The van der Waals surface area contributed by atoms with E-state index >= 15 is 0 Å². The minimum Gasteiger partial charge on any atom is -0.398 e. The largest absolute Gasteiger partial charge is 0.398 e. The van der Waals surface area contributed by atoms with Gasteiger partial charge in [-0.3, -0.25) is 8.89 Å². The Kier molecular flexibility index (Phi) is 2.78. The van der Waals surface area contributed by atoms with Crippen molar-refractivity contribution in [1.82, 2.24) is 9.78 Å². The molecule has 0 spiro atoms. The van der Waals surface area contributed by atoms with Gasteiger partial charge in [0.2, 0.25) is 0 Å². The normalized spacial score (nSPS) is 12.6. The molecule has 0 aliphatic carbocycles. The van der Waals surface area contributed by atoms with Gasteiger partial charge in [0.05, 0.1) is 21.4 Å². The van der Waals surface area contributed by atoms with Crippen molar-refractivity contribution in [2.24, 2.45) is 7.05 Å². The second kappa shape index (κ2) is 4.09. The molecule has 2 rings (SSSR count). The van der Waals surface area contributed by atoms with E-state index < -0.39 is 10.8 Å². The highest BCUT2D eigenvalue weighted by Crippen LogP contribution is 2.24. The fraction of sp³-hybridized carbons (Fsp3) is 0.182. The maximum Gasteiger partial charge on any atom is 0.0923 e. The number of aryl methyl sites for hydroxylation is 1. The van der Waals surface area contributed by atoms with Gasteiger partial charge in [-0.25, -0.2) is 0 Å². The summed E-state index contributed by atoms with van der Waals surface area (Å²) in [5, 5.41) is 4.29. The Bertz CT molecular complexity index is 548. The van der Waals surface area contributed by atoms with E-state index in [1.165, 1.54) is 0 Å². The second-order valence-electron chi connectivity index (χ2n) is 3.58. The third-order valence-electron chi connectivity index (χ3n) is 2.33. The molecule has 1 aromatic carbocycles. The second-order valence-corrected chi connectivity index (χ2v) is 4.93. The van der Waals surface area contributed by atoms with Crippen molar-refractivity contribution in [3.63, 3.8) is 0 Å². The van der Waals surface area contributed by atoms with Crippen LogP contribution in [0.25, 0.3) is 11.3 Å². The van der Waals surface area contributed by atoms with Gasteiger partial charge in [0.25, 0.3) is 0 Å². The summed E-state index contributed by atoms with van der Waals surface area (Å²) in [5.41, 5.74) is 8.10. The number of hydrogen-bond acceptors (Lipinski definition) is 3. The molecular weight excluding hydrogens is 222 g/mol. The Morgan fingerprint density at radius 1 is 1.38 bits per heavy atom. The molecule has 0 bridgehead atoms. The molecule has 1 atom stereocenters. The number of anilines is 1. The van der Waals surface area contributed by atoms with Crippen molar-refractivity contribution < 1.29 is 4.21 Å². The lowest BCUT2D eigenvalue weighted by molar-refractivity contribution is 0.687. The van der Waals surface area contributed by atoms with E-state index in [1.807, 2.05) is 31.4 Å². The Morgan fingerprint density at radius 3 is 2.69 bits per heavy atom. The monoisotopic (exact) mass is 235 g/mol. The number of nitrogen functional groups attached to an aromatic ring is 1. The summed E-state index contributed by atoms with van der Waals surface area (Å²) in [7, 11) is 0.783. The standard InChI is InChI=1S/C11H13N3OS/c1-14-6-5-10(13-14)8-3-4-9(12)11(7-8)16(2)15/h3-7H,12H2,1-2H3. The molecule has 2 N–H and O–H groups in total. The van der Waals surface area contributed by atoms with Crippen LogP contribution >= 0.6 is 0 Å². The lowest BCUT2D eigenvalue weighted by Gasteiger charge is -2.04. The predicted octanol–water partition coefficient (Wildman–Crippen LogP) is 1.41. The van der Waals surface area contributed by atoms with Crippen LogP contribution in [0.3, 0.4) is 0 Å². The third-order valence-corrected chi connectivity index (χ3v) is 3.31. The fourth-order valence-electron chi connectivity index (χ4n) is 1.51. The third kappa shape index (κ3) is 1.99. The molecular formula is C11H13N3OS. The van der Waals surface area contributed by atoms with Gasteiger partial charge >= 0.3 is 0 Å². The zero-order valence-corrected chi connectivity index (χ0v) is 9.99. The number of nitrogens with two attached hydrogens (primary N) is 1. The molecule has 4 nitrogen and oxygen atoms in total. The predicted molar refractivity (Wildman–Crippen MR) is 65.4 cm³/mol. The first kappa shape index (κ1) is 10.9. The van der Waals surface area contributed by atoms with Crippen LogP contribution in [0.1, 0.15) is 0 Å². The Balaban J connectivity index is 2.51. The number of benzene rings is 1. The van der Waals surface area contributed by atoms with E-state index in [4.69, 9.17) is 5.73 Å². The Labute approximate surface area is 96.5 Å². The molecule has 0 radical (unpaired) electrons. The van der Waals surface area contributed by atoms with Crippen molar-refractivity contribution in [2.45, 2.75) is 4.90 Å². The summed E-state index contributed by atoms with van der Waals surface area (Å²) < 4.78 is 13.2. The number of hydrogen-bond donors (Lipinski definition) is 1. The smallest absolute Gasteiger partial charge is 0.0923 e. The van der Waals surface area contributed by atoms with E-state index in [-0.39, 0.29) is 0 Å². The van der Waals surface area contributed by atoms with E-state index in [1.54, 1.807) is 17.0 Å². The van der Waals surface area contributed by atoms with Gasteiger partial charge in [-0.1, -0.05) is 6.07 Å². The molecule has 2 aromatic rings. The van der Waals surface area contributed by atoms with Gasteiger partial charge < -0.3 is 5.73 Å². The fourth-order valence-corrected chi connectivity index (χ4v) is 2.20. The zero-order chi connectivity index (χ0) is 11.7. The highest BCUT2D eigenvalue weighted by atomic mass is 32.2. The minimum atomic E-state index is -1.08. The van der Waals surface area contributed by atoms with Crippen LogP contribution in [0.15, 0.2) is 35.4 Å². The molecule has 0 aliphatic heterocycles. The highest BCUT2D eigenvalue weighted by molar-refractivity contribution is 7.84. The lowest BCUT2D eigenvalue weighted by Crippen LogP contribution is -1.96. The molecule has 1 aromatic heterocycles. The Morgan fingerprint density at radius 2 is 2.12 bits per heavy atom. The van der Waals surface area contributed by atoms with Gasteiger partial charge in [0.15, 0.2) is 0 Å². The van der Waals surface area contributed by atoms with Gasteiger partial charge in [0, 0.05) is 30.8 Å². The quantitative estimate of drug-likeness (QED) is 0.800. The molecule has 5 heteroatoms. The summed E-state index contributed by atoms with van der Waals surface area (Å²) in [6.07, 6.45) is 3.49. The number of rotatable bonds is 2. The first-order valence-corrected chi connectivity index (χ1v) is 6.36. The van der Waals surface area contributed by atoms with E-state index in [9.17, 15) is 4.21 Å². The molecule has 84 valence electrons. The molecule has 1 heterocycles. The SMILES string of the molecule is Cn1ccc(-c2ccc(N)c(S(C)=O)c2)n1. The van der Waals surface area contributed by atoms with Crippen molar-refractivity contribution in [1.29, 1.82) is 0 Å². The summed E-state index contributed by atoms with van der Waals surface area (Å²) in [6.45, 7) is 0. The van der Waals surface area contributed by atoms with Gasteiger partial charge in [-0.2, -0.15) is 5.10 Å². The van der Waals surface area contributed by atoms with Crippen LogP contribution in [0.4, 0.5) is 5.69 Å². The van der Waals surface area contributed by atoms with Crippen LogP contribution in [0.5, 0.6) is 0 Å². The average molecular weight is 235 g/mol. The van der Waals surface area contributed by atoms with Crippen molar-refractivity contribution >= 4 is 16.5 Å². The van der Waals surface area contributed by atoms with Gasteiger partial charge in [-0.05, 0) is 18.2 Å². The summed E-state index contributed by atoms with van der Waals surface area (Å²) in [5.74, 6) is 0. The van der Waals surface area contributed by atoms with E-state index in [0.717, 1.165) is 11.3 Å². The molecule has 0 fully saturated rings. The van der Waals surface area contributed by atoms with Crippen LogP contribution in [0.2, 0.25) is 0 Å². The minimum absolute atomic E-state index is 0.556. The van der Waals surface area contributed by atoms with Crippen LogP contribution in [0, 0.1) is 0 Å². The number of nitrogens with zero attached hydrogens (tertiary/aromatic N) is 2. The highest BCUT2D eigenvalue weighted by Gasteiger charge is 2.07. The van der Waals surface area contributed by atoms with Crippen molar-refractivity contribution in [3.8, 4) is 11.3 Å². The van der Waals surface area contributed by atoms with Crippen molar-refractivity contribution in [3.05, 3.63) is 30.5 Å². The summed E-state index contributed by atoms with van der Waals surface area (Å²) in [4.78, 5) is 0.656. The lowest BCUT2D eigenvalue weighted by atomic mass is 10.1. The first-order valence-electron chi connectivity index (χ1n) is 4.81.